The van der Waals surface area contributed by atoms with Crippen LogP contribution in [0.5, 0.6) is 0 Å². The number of carbonyl (C=O) groups is 2. The van der Waals surface area contributed by atoms with E-state index in [0.717, 1.165) is 11.3 Å². The van der Waals surface area contributed by atoms with E-state index < -0.39 is 0 Å². The van der Waals surface area contributed by atoms with Gasteiger partial charge in [-0.2, -0.15) is 0 Å². The van der Waals surface area contributed by atoms with Crippen LogP contribution in [0.3, 0.4) is 0 Å². The predicted molar refractivity (Wildman–Crippen MR) is 73.7 cm³/mol. The van der Waals surface area contributed by atoms with Crippen LogP contribution in [0.1, 0.15) is 28.1 Å². The number of rotatable bonds is 3. The zero-order chi connectivity index (χ0) is 13.7. The van der Waals surface area contributed by atoms with Crippen molar-refractivity contribution in [1.29, 1.82) is 0 Å². The topological polar surface area (TPSA) is 84.2 Å². The van der Waals surface area contributed by atoms with Crippen LogP contribution in [-0.4, -0.2) is 30.9 Å². The molecule has 19 heavy (non-hydrogen) atoms. The second-order valence-electron chi connectivity index (χ2n) is 4.22. The summed E-state index contributed by atoms with van der Waals surface area (Å²) >= 11 is 1.42. The summed E-state index contributed by atoms with van der Waals surface area (Å²) in [4.78, 5) is 23.7. The molecule has 2 amide bonds. The first-order valence-corrected chi connectivity index (χ1v) is 6.92. The van der Waals surface area contributed by atoms with E-state index in [1.165, 1.54) is 11.3 Å². The van der Waals surface area contributed by atoms with E-state index in [1.54, 1.807) is 11.4 Å². The van der Waals surface area contributed by atoms with E-state index in [4.69, 9.17) is 5.73 Å². The number of nitrogens with two attached hydrogens (primary N) is 1. The summed E-state index contributed by atoms with van der Waals surface area (Å²) in [6, 6.07) is 1.79. The van der Waals surface area contributed by atoms with Crippen molar-refractivity contribution in [2.24, 2.45) is 5.73 Å². The van der Waals surface area contributed by atoms with Crippen molar-refractivity contribution in [3.05, 3.63) is 21.9 Å². The summed E-state index contributed by atoms with van der Waals surface area (Å²) in [5, 5.41) is 7.38. The highest BCUT2D eigenvalue weighted by molar-refractivity contribution is 7.10. The molecule has 5 nitrogen and oxygen atoms in total. The SMILES string of the molecule is NCC#Cc1cc(C(=O)NCC2CCC(=O)N2)cs1. The molecule has 0 aliphatic carbocycles. The van der Waals surface area contributed by atoms with Gasteiger partial charge in [-0.3, -0.25) is 9.59 Å². The average Bonchev–Trinajstić information content (AvgIpc) is 3.02. The first-order chi connectivity index (χ1) is 9.19. The molecular weight excluding hydrogens is 262 g/mol. The van der Waals surface area contributed by atoms with Crippen molar-refractivity contribution in [1.82, 2.24) is 10.6 Å². The standard InChI is InChI=1S/C13H15N3O2S/c14-5-1-2-11-6-9(8-19-11)13(18)15-7-10-3-4-12(17)16-10/h6,8,10H,3-5,7,14H2,(H,15,18)(H,16,17). The van der Waals surface area contributed by atoms with Gasteiger partial charge in [-0.1, -0.05) is 11.8 Å². The molecule has 1 saturated heterocycles. The van der Waals surface area contributed by atoms with E-state index in [-0.39, 0.29) is 17.9 Å². The number of carbonyl (C=O) groups excluding carboxylic acids is 2. The molecule has 0 saturated carbocycles. The molecular formula is C13H15N3O2S. The predicted octanol–water partition coefficient (Wildman–Crippen LogP) is 0.0667. The molecule has 0 bridgehead atoms. The third kappa shape index (κ3) is 3.81. The minimum absolute atomic E-state index is 0.0478. The summed E-state index contributed by atoms with van der Waals surface area (Å²) in [5.74, 6) is 5.55. The van der Waals surface area contributed by atoms with Crippen LogP contribution in [0, 0.1) is 11.8 Å². The lowest BCUT2D eigenvalue weighted by atomic mass is 10.2. The minimum Gasteiger partial charge on any atom is -0.352 e. The Labute approximate surface area is 115 Å². The Morgan fingerprint density at radius 1 is 1.63 bits per heavy atom. The molecule has 1 fully saturated rings. The van der Waals surface area contributed by atoms with Crippen LogP contribution in [0.15, 0.2) is 11.4 Å². The van der Waals surface area contributed by atoms with E-state index in [2.05, 4.69) is 22.5 Å². The lowest BCUT2D eigenvalue weighted by Crippen LogP contribution is -2.38. The number of hydrogen-bond donors (Lipinski definition) is 3. The zero-order valence-electron chi connectivity index (χ0n) is 10.4. The third-order valence-electron chi connectivity index (χ3n) is 2.77. The van der Waals surface area contributed by atoms with Gasteiger partial charge in [-0.05, 0) is 12.5 Å². The third-order valence-corrected chi connectivity index (χ3v) is 3.61. The summed E-state index contributed by atoms with van der Waals surface area (Å²) in [6.07, 6.45) is 1.31. The van der Waals surface area contributed by atoms with Gasteiger partial charge in [0.15, 0.2) is 0 Å². The molecule has 1 aromatic rings. The Morgan fingerprint density at radius 2 is 2.47 bits per heavy atom. The van der Waals surface area contributed by atoms with Gasteiger partial charge < -0.3 is 16.4 Å². The van der Waals surface area contributed by atoms with E-state index in [1.807, 2.05) is 0 Å². The molecule has 0 radical (unpaired) electrons. The molecule has 1 unspecified atom stereocenters. The molecule has 0 spiro atoms. The highest BCUT2D eigenvalue weighted by atomic mass is 32.1. The summed E-state index contributed by atoms with van der Waals surface area (Å²) in [5.41, 5.74) is 5.88. The van der Waals surface area contributed by atoms with Crippen LogP contribution in [0.2, 0.25) is 0 Å². The fraction of sp³-hybridized carbons (Fsp3) is 0.385. The molecule has 1 atom stereocenters. The van der Waals surface area contributed by atoms with Crippen molar-refractivity contribution in [3.63, 3.8) is 0 Å². The van der Waals surface area contributed by atoms with Crippen molar-refractivity contribution in [2.45, 2.75) is 18.9 Å². The normalized spacial score (nSPS) is 17.5. The van der Waals surface area contributed by atoms with Crippen LogP contribution in [0.4, 0.5) is 0 Å². The minimum atomic E-state index is -0.141. The second kappa shape index (κ2) is 6.36. The molecule has 2 rings (SSSR count). The largest absolute Gasteiger partial charge is 0.352 e. The maximum atomic E-state index is 11.9. The smallest absolute Gasteiger partial charge is 0.252 e. The van der Waals surface area contributed by atoms with E-state index in [0.29, 0.717) is 25.1 Å². The van der Waals surface area contributed by atoms with Crippen LogP contribution in [-0.2, 0) is 4.79 Å². The number of amides is 2. The van der Waals surface area contributed by atoms with Crippen molar-refractivity contribution in [3.8, 4) is 11.8 Å². The highest BCUT2D eigenvalue weighted by Crippen LogP contribution is 2.13. The summed E-state index contributed by atoms with van der Waals surface area (Å²) < 4.78 is 0. The Hall–Kier alpha value is -1.84. The fourth-order valence-corrected chi connectivity index (χ4v) is 2.56. The van der Waals surface area contributed by atoms with Gasteiger partial charge in [0, 0.05) is 24.4 Å². The molecule has 0 aromatic carbocycles. The van der Waals surface area contributed by atoms with E-state index >= 15 is 0 Å². The van der Waals surface area contributed by atoms with Gasteiger partial charge in [0.05, 0.1) is 17.0 Å². The van der Waals surface area contributed by atoms with Gasteiger partial charge in [0.1, 0.15) is 0 Å². The molecule has 2 heterocycles. The second-order valence-corrected chi connectivity index (χ2v) is 5.13. The molecule has 100 valence electrons. The first kappa shape index (κ1) is 13.6. The molecule has 1 aliphatic rings. The molecule has 1 aromatic heterocycles. The first-order valence-electron chi connectivity index (χ1n) is 6.04. The summed E-state index contributed by atoms with van der Waals surface area (Å²) in [6.45, 7) is 0.769. The van der Waals surface area contributed by atoms with Crippen molar-refractivity contribution >= 4 is 23.2 Å². The molecule has 1 aliphatic heterocycles. The van der Waals surface area contributed by atoms with Gasteiger partial charge in [-0.25, -0.2) is 0 Å². The fourth-order valence-electron chi connectivity index (χ4n) is 1.81. The lowest BCUT2D eigenvalue weighted by Gasteiger charge is -2.10. The molecule has 6 heteroatoms. The lowest BCUT2D eigenvalue weighted by molar-refractivity contribution is -0.119. The highest BCUT2D eigenvalue weighted by Gasteiger charge is 2.21. The number of hydrogen-bond acceptors (Lipinski definition) is 4. The average molecular weight is 277 g/mol. The Bertz CT molecular complexity index is 542. The Balaban J connectivity index is 1.86. The van der Waals surface area contributed by atoms with Gasteiger partial charge in [0.25, 0.3) is 5.91 Å². The van der Waals surface area contributed by atoms with Crippen molar-refractivity contribution in [2.75, 3.05) is 13.1 Å². The zero-order valence-corrected chi connectivity index (χ0v) is 11.2. The van der Waals surface area contributed by atoms with Gasteiger partial charge >= 0.3 is 0 Å². The van der Waals surface area contributed by atoms with Crippen LogP contribution in [0.25, 0.3) is 0 Å². The number of nitrogens with one attached hydrogen (secondary N) is 2. The van der Waals surface area contributed by atoms with Gasteiger partial charge in [0.2, 0.25) is 5.91 Å². The monoisotopic (exact) mass is 277 g/mol. The Morgan fingerprint density at radius 3 is 3.16 bits per heavy atom. The van der Waals surface area contributed by atoms with Crippen LogP contribution < -0.4 is 16.4 Å². The number of thiophene rings is 1. The van der Waals surface area contributed by atoms with E-state index in [9.17, 15) is 9.59 Å². The maximum absolute atomic E-state index is 11.9. The maximum Gasteiger partial charge on any atom is 0.252 e. The van der Waals surface area contributed by atoms with Crippen molar-refractivity contribution < 1.29 is 9.59 Å². The molecule has 4 N–H and O–H groups in total. The van der Waals surface area contributed by atoms with Crippen LogP contribution >= 0.6 is 11.3 Å². The quantitative estimate of drug-likeness (QED) is 0.683. The Kier molecular flexibility index (Phi) is 4.55. The summed E-state index contributed by atoms with van der Waals surface area (Å²) in [7, 11) is 0. The van der Waals surface area contributed by atoms with Gasteiger partial charge in [-0.15, -0.1) is 11.3 Å².